The average Bonchev–Trinajstić information content (AvgIpc) is 2.93. The molecule has 2 atom stereocenters. The first-order valence-corrected chi connectivity index (χ1v) is 9.16. The van der Waals surface area contributed by atoms with Crippen LogP contribution in [0.2, 0.25) is 0 Å². The van der Waals surface area contributed by atoms with Crippen LogP contribution in [0.25, 0.3) is 0 Å². The van der Waals surface area contributed by atoms with Gasteiger partial charge in [-0.1, -0.05) is 59.3 Å². The number of hydrogen-bond donors (Lipinski definition) is 1. The predicted molar refractivity (Wildman–Crippen MR) is 95.1 cm³/mol. The topological polar surface area (TPSA) is 12.0 Å². The van der Waals surface area contributed by atoms with Gasteiger partial charge in [0.25, 0.3) is 0 Å². The number of likely N-dealkylation sites (N-methyl/N-ethyl adjacent to an activating group) is 1. The molecule has 1 aliphatic rings. The lowest BCUT2D eigenvalue weighted by molar-refractivity contribution is 0.505. The average molecular weight is 362 g/mol. The van der Waals surface area contributed by atoms with Crippen molar-refractivity contribution >= 4 is 27.7 Å². The summed E-state index contributed by atoms with van der Waals surface area (Å²) in [5.74, 6) is 0. The molecule has 2 unspecified atom stereocenters. The van der Waals surface area contributed by atoms with Crippen molar-refractivity contribution in [3.05, 3.63) is 64.1 Å². The van der Waals surface area contributed by atoms with E-state index < -0.39 is 0 Å². The summed E-state index contributed by atoms with van der Waals surface area (Å²) in [7, 11) is 0. The van der Waals surface area contributed by atoms with Gasteiger partial charge in [-0.15, -0.1) is 11.8 Å². The minimum atomic E-state index is 0.506. The summed E-state index contributed by atoms with van der Waals surface area (Å²) in [5, 5.41) is 4.31. The molecule has 0 saturated carbocycles. The Morgan fingerprint density at radius 3 is 2.71 bits per heavy atom. The van der Waals surface area contributed by atoms with Crippen molar-refractivity contribution in [1.29, 1.82) is 0 Å². The van der Waals surface area contributed by atoms with E-state index in [1.807, 2.05) is 11.8 Å². The summed E-state index contributed by atoms with van der Waals surface area (Å²) in [5.41, 5.74) is 2.89. The summed E-state index contributed by atoms with van der Waals surface area (Å²) in [4.78, 5) is 1.46. The second-order valence-electron chi connectivity index (χ2n) is 5.43. The molecule has 0 saturated heterocycles. The fraction of sp³-hybridized carbons (Fsp3) is 0.333. The van der Waals surface area contributed by atoms with Gasteiger partial charge in [-0.05, 0) is 42.6 Å². The molecule has 0 amide bonds. The number of benzene rings is 2. The summed E-state index contributed by atoms with van der Waals surface area (Å²) in [6.45, 7) is 3.21. The van der Waals surface area contributed by atoms with E-state index in [9.17, 15) is 0 Å². The van der Waals surface area contributed by atoms with Crippen LogP contribution in [0.15, 0.2) is 57.9 Å². The molecule has 1 heterocycles. The van der Waals surface area contributed by atoms with Gasteiger partial charge in [0.15, 0.2) is 0 Å². The van der Waals surface area contributed by atoms with E-state index in [4.69, 9.17) is 0 Å². The molecule has 1 aliphatic heterocycles. The molecule has 0 radical (unpaired) electrons. The SMILES string of the molecule is CCNC(Cc1ccccc1Br)C1Cc2ccccc2S1. The Balaban J connectivity index is 1.76. The van der Waals surface area contributed by atoms with E-state index in [0.717, 1.165) is 13.0 Å². The predicted octanol–water partition coefficient (Wildman–Crippen LogP) is 4.69. The molecule has 0 aliphatic carbocycles. The molecule has 1 N–H and O–H groups in total. The molecular weight excluding hydrogens is 342 g/mol. The number of hydrogen-bond acceptors (Lipinski definition) is 2. The van der Waals surface area contributed by atoms with Gasteiger partial charge in [-0.2, -0.15) is 0 Å². The van der Waals surface area contributed by atoms with Gasteiger partial charge in [0.05, 0.1) is 0 Å². The monoisotopic (exact) mass is 361 g/mol. The Bertz CT molecular complexity index is 589. The largest absolute Gasteiger partial charge is 0.313 e. The van der Waals surface area contributed by atoms with Crippen LogP contribution < -0.4 is 5.32 Å². The summed E-state index contributed by atoms with van der Waals surface area (Å²) in [6, 6.07) is 17.9. The zero-order valence-electron chi connectivity index (χ0n) is 12.2. The van der Waals surface area contributed by atoms with E-state index in [2.05, 4.69) is 76.7 Å². The number of thioether (sulfide) groups is 1. The Kier molecular flexibility index (Phi) is 5.04. The molecule has 0 aromatic heterocycles. The van der Waals surface area contributed by atoms with Gasteiger partial charge < -0.3 is 5.32 Å². The van der Waals surface area contributed by atoms with Gasteiger partial charge in [-0.25, -0.2) is 0 Å². The Morgan fingerprint density at radius 1 is 1.19 bits per heavy atom. The molecule has 110 valence electrons. The third-order valence-electron chi connectivity index (χ3n) is 3.98. The van der Waals surface area contributed by atoms with E-state index in [1.165, 1.54) is 26.9 Å². The standard InChI is InChI=1S/C18H20BrNS/c1-2-20-16(11-13-7-3-5-9-15(13)19)18-12-14-8-4-6-10-17(14)21-18/h3-10,16,18,20H,2,11-12H2,1H3. The van der Waals surface area contributed by atoms with Crippen molar-refractivity contribution in [2.24, 2.45) is 0 Å². The molecule has 21 heavy (non-hydrogen) atoms. The first-order valence-electron chi connectivity index (χ1n) is 7.49. The van der Waals surface area contributed by atoms with Crippen LogP contribution in [0.1, 0.15) is 18.1 Å². The van der Waals surface area contributed by atoms with E-state index in [0.29, 0.717) is 11.3 Å². The van der Waals surface area contributed by atoms with Crippen molar-refractivity contribution in [3.63, 3.8) is 0 Å². The van der Waals surface area contributed by atoms with E-state index in [-0.39, 0.29) is 0 Å². The second-order valence-corrected chi connectivity index (χ2v) is 7.56. The van der Waals surface area contributed by atoms with Crippen molar-refractivity contribution < 1.29 is 0 Å². The molecule has 2 aromatic carbocycles. The van der Waals surface area contributed by atoms with Gasteiger partial charge in [-0.3, -0.25) is 0 Å². The summed E-state index contributed by atoms with van der Waals surface area (Å²) in [6.07, 6.45) is 2.24. The fourth-order valence-electron chi connectivity index (χ4n) is 2.93. The number of fused-ring (bicyclic) bond motifs is 1. The highest BCUT2D eigenvalue weighted by Crippen LogP contribution is 2.39. The zero-order valence-corrected chi connectivity index (χ0v) is 14.6. The smallest absolute Gasteiger partial charge is 0.0292 e. The molecule has 0 bridgehead atoms. The first kappa shape index (κ1) is 15.1. The third-order valence-corrected chi connectivity index (χ3v) is 6.21. The zero-order chi connectivity index (χ0) is 14.7. The second kappa shape index (κ2) is 6.99. The highest BCUT2D eigenvalue weighted by molar-refractivity contribution is 9.10. The van der Waals surface area contributed by atoms with Crippen LogP contribution >= 0.6 is 27.7 Å². The maximum absolute atomic E-state index is 3.69. The lowest BCUT2D eigenvalue weighted by Gasteiger charge is -2.24. The highest BCUT2D eigenvalue weighted by atomic mass is 79.9. The number of rotatable bonds is 5. The number of nitrogens with one attached hydrogen (secondary N) is 1. The Hall–Kier alpha value is -0.770. The van der Waals surface area contributed by atoms with Crippen LogP contribution in [0.3, 0.4) is 0 Å². The van der Waals surface area contributed by atoms with Gasteiger partial charge in [0.2, 0.25) is 0 Å². The van der Waals surface area contributed by atoms with Crippen LogP contribution in [0.4, 0.5) is 0 Å². The molecule has 0 fully saturated rings. The maximum Gasteiger partial charge on any atom is 0.0292 e. The van der Waals surface area contributed by atoms with Crippen molar-refractivity contribution in [1.82, 2.24) is 5.32 Å². The van der Waals surface area contributed by atoms with Crippen LogP contribution in [-0.2, 0) is 12.8 Å². The van der Waals surface area contributed by atoms with E-state index >= 15 is 0 Å². The lowest BCUT2D eigenvalue weighted by Crippen LogP contribution is -2.39. The minimum absolute atomic E-state index is 0.506. The van der Waals surface area contributed by atoms with E-state index in [1.54, 1.807) is 0 Å². The normalized spacial score (nSPS) is 18.5. The molecular formula is C18H20BrNS. The molecule has 1 nitrogen and oxygen atoms in total. The number of halogens is 1. The van der Waals surface area contributed by atoms with Crippen LogP contribution in [0.5, 0.6) is 0 Å². The molecule has 3 rings (SSSR count). The Labute approximate surface area is 139 Å². The summed E-state index contributed by atoms with van der Waals surface area (Å²) >= 11 is 5.71. The maximum atomic E-state index is 3.69. The molecule has 2 aromatic rings. The highest BCUT2D eigenvalue weighted by Gasteiger charge is 2.29. The first-order chi connectivity index (χ1) is 10.3. The van der Waals surface area contributed by atoms with Crippen molar-refractivity contribution in [2.45, 2.75) is 36.0 Å². The summed E-state index contributed by atoms with van der Waals surface area (Å²) < 4.78 is 1.22. The third kappa shape index (κ3) is 3.53. The van der Waals surface area contributed by atoms with Crippen molar-refractivity contribution in [2.75, 3.05) is 6.54 Å². The van der Waals surface area contributed by atoms with Crippen LogP contribution in [-0.4, -0.2) is 17.8 Å². The molecule has 3 heteroatoms. The quantitative estimate of drug-likeness (QED) is 0.828. The fourth-order valence-corrected chi connectivity index (χ4v) is 4.78. The minimum Gasteiger partial charge on any atom is -0.313 e. The van der Waals surface area contributed by atoms with Crippen LogP contribution in [0, 0.1) is 0 Å². The van der Waals surface area contributed by atoms with Gasteiger partial charge in [0.1, 0.15) is 0 Å². The molecule has 0 spiro atoms. The van der Waals surface area contributed by atoms with Crippen molar-refractivity contribution in [3.8, 4) is 0 Å². The van der Waals surface area contributed by atoms with Gasteiger partial charge >= 0.3 is 0 Å². The Morgan fingerprint density at radius 2 is 1.95 bits per heavy atom. The van der Waals surface area contributed by atoms with Gasteiger partial charge in [0, 0.05) is 20.7 Å². The lowest BCUT2D eigenvalue weighted by atomic mass is 9.99.